The predicted molar refractivity (Wildman–Crippen MR) is 106 cm³/mol. The van der Waals surface area contributed by atoms with Crippen LogP contribution < -0.4 is 5.32 Å². The summed E-state index contributed by atoms with van der Waals surface area (Å²) in [5.41, 5.74) is 0.867. The maximum atomic E-state index is 12.5. The molecule has 7 nitrogen and oxygen atoms in total. The number of anilines is 2. The number of rotatable bonds is 5. The number of benzene rings is 1. The molecule has 2 aromatic rings. The first-order chi connectivity index (χ1) is 13.0. The van der Waals surface area contributed by atoms with E-state index in [0.717, 1.165) is 0 Å². The number of ether oxygens (including phenoxy) is 1. The number of nitrogens with zero attached hydrogens (tertiary/aromatic N) is 3. The van der Waals surface area contributed by atoms with E-state index in [1.54, 1.807) is 35.5 Å². The highest BCUT2D eigenvalue weighted by molar-refractivity contribution is 7.14. The van der Waals surface area contributed by atoms with Gasteiger partial charge in [-0.1, -0.05) is 29.3 Å². The lowest BCUT2D eigenvalue weighted by atomic mass is 10.3. The molecule has 144 valence electrons. The van der Waals surface area contributed by atoms with Crippen LogP contribution in [0.15, 0.2) is 23.6 Å². The number of thiazole rings is 1. The average molecular weight is 429 g/mol. The SMILES string of the molecule is CN(CC(=O)N1CCOCC1)C(=O)c1csc(Nc2cccc(Cl)c2Cl)n1. The first kappa shape index (κ1) is 19.9. The Morgan fingerprint density at radius 2 is 2.07 bits per heavy atom. The molecule has 1 N–H and O–H groups in total. The zero-order valence-electron chi connectivity index (χ0n) is 14.6. The van der Waals surface area contributed by atoms with Crippen LogP contribution >= 0.6 is 34.5 Å². The Kier molecular flexibility index (Phi) is 6.54. The average Bonchev–Trinajstić information content (AvgIpc) is 3.14. The number of hydrogen-bond acceptors (Lipinski definition) is 6. The van der Waals surface area contributed by atoms with Gasteiger partial charge in [0.2, 0.25) is 5.91 Å². The second-order valence-electron chi connectivity index (χ2n) is 5.92. The Morgan fingerprint density at radius 3 is 2.81 bits per heavy atom. The number of likely N-dealkylation sites (N-methyl/N-ethyl adjacent to an activating group) is 1. The van der Waals surface area contributed by atoms with Gasteiger partial charge in [-0.3, -0.25) is 9.59 Å². The number of nitrogens with one attached hydrogen (secondary N) is 1. The van der Waals surface area contributed by atoms with Gasteiger partial charge >= 0.3 is 0 Å². The molecule has 1 aliphatic rings. The molecular formula is C17H18Cl2N4O3S. The van der Waals surface area contributed by atoms with Crippen LogP contribution in [0.3, 0.4) is 0 Å². The first-order valence-electron chi connectivity index (χ1n) is 8.23. The second-order valence-corrected chi connectivity index (χ2v) is 7.56. The third-order valence-electron chi connectivity index (χ3n) is 4.00. The first-order valence-corrected chi connectivity index (χ1v) is 9.87. The second kappa shape index (κ2) is 8.88. The number of carbonyl (C=O) groups is 2. The summed E-state index contributed by atoms with van der Waals surface area (Å²) in [5.74, 6) is -0.425. The third kappa shape index (κ3) is 4.90. The molecule has 1 saturated heterocycles. The molecule has 1 aromatic heterocycles. The topological polar surface area (TPSA) is 74.8 Å². The smallest absolute Gasteiger partial charge is 0.273 e. The van der Waals surface area contributed by atoms with E-state index in [1.165, 1.54) is 16.2 Å². The van der Waals surface area contributed by atoms with E-state index >= 15 is 0 Å². The van der Waals surface area contributed by atoms with Crippen LogP contribution in [-0.2, 0) is 9.53 Å². The van der Waals surface area contributed by atoms with Crippen LogP contribution in [0, 0.1) is 0 Å². The fraction of sp³-hybridized carbons (Fsp3) is 0.353. The minimum Gasteiger partial charge on any atom is -0.378 e. The minimum absolute atomic E-state index is 0.000751. The summed E-state index contributed by atoms with van der Waals surface area (Å²) < 4.78 is 5.23. The summed E-state index contributed by atoms with van der Waals surface area (Å²) in [6, 6.07) is 5.22. The molecule has 0 unspecified atom stereocenters. The van der Waals surface area contributed by atoms with Gasteiger partial charge in [-0.15, -0.1) is 11.3 Å². The van der Waals surface area contributed by atoms with Crippen molar-refractivity contribution < 1.29 is 14.3 Å². The number of hydrogen-bond donors (Lipinski definition) is 1. The van der Waals surface area contributed by atoms with E-state index in [4.69, 9.17) is 27.9 Å². The fourth-order valence-electron chi connectivity index (χ4n) is 2.53. The Hall–Kier alpha value is -1.87. The Balaban J connectivity index is 1.62. The molecule has 0 saturated carbocycles. The molecule has 1 aromatic carbocycles. The molecule has 1 aliphatic heterocycles. The van der Waals surface area contributed by atoms with E-state index in [-0.39, 0.29) is 24.1 Å². The van der Waals surface area contributed by atoms with Crippen LogP contribution in [0.5, 0.6) is 0 Å². The van der Waals surface area contributed by atoms with Gasteiger partial charge in [0.15, 0.2) is 5.13 Å². The van der Waals surface area contributed by atoms with Crippen molar-refractivity contribution in [3.8, 4) is 0 Å². The van der Waals surface area contributed by atoms with Crippen molar-refractivity contribution in [1.82, 2.24) is 14.8 Å². The number of amides is 2. The van der Waals surface area contributed by atoms with Crippen molar-refractivity contribution in [2.24, 2.45) is 0 Å². The molecular weight excluding hydrogens is 411 g/mol. The van der Waals surface area contributed by atoms with Gasteiger partial charge in [-0.2, -0.15) is 0 Å². The number of morpholine rings is 1. The molecule has 0 spiro atoms. The van der Waals surface area contributed by atoms with Crippen LogP contribution in [0.2, 0.25) is 10.0 Å². The van der Waals surface area contributed by atoms with Crippen LogP contribution in [0.4, 0.5) is 10.8 Å². The van der Waals surface area contributed by atoms with Crippen molar-refractivity contribution in [1.29, 1.82) is 0 Å². The van der Waals surface area contributed by atoms with E-state index in [0.29, 0.717) is 47.2 Å². The summed E-state index contributed by atoms with van der Waals surface area (Å²) in [6.07, 6.45) is 0. The molecule has 0 atom stereocenters. The zero-order valence-corrected chi connectivity index (χ0v) is 16.9. The number of aromatic nitrogens is 1. The van der Waals surface area contributed by atoms with Gasteiger partial charge in [0.25, 0.3) is 5.91 Å². The van der Waals surface area contributed by atoms with E-state index in [2.05, 4.69) is 10.3 Å². The number of halogens is 2. The Labute approximate surface area is 170 Å². The summed E-state index contributed by atoms with van der Waals surface area (Å²) >= 11 is 13.4. The van der Waals surface area contributed by atoms with Crippen molar-refractivity contribution in [3.63, 3.8) is 0 Å². The van der Waals surface area contributed by atoms with Crippen LogP contribution in [0.1, 0.15) is 10.5 Å². The highest BCUT2D eigenvalue weighted by Crippen LogP contribution is 2.32. The highest BCUT2D eigenvalue weighted by Gasteiger charge is 2.22. The lowest BCUT2D eigenvalue weighted by Gasteiger charge is -2.28. The van der Waals surface area contributed by atoms with Gasteiger partial charge < -0.3 is 19.9 Å². The molecule has 2 heterocycles. The molecule has 1 fully saturated rings. The van der Waals surface area contributed by atoms with Gasteiger partial charge in [0.05, 0.1) is 35.5 Å². The summed E-state index contributed by atoms with van der Waals surface area (Å²) in [6.45, 7) is 2.14. The van der Waals surface area contributed by atoms with Gasteiger partial charge in [-0.25, -0.2) is 4.98 Å². The Morgan fingerprint density at radius 1 is 1.33 bits per heavy atom. The summed E-state index contributed by atoms with van der Waals surface area (Å²) in [4.78, 5) is 32.2. The monoisotopic (exact) mass is 428 g/mol. The third-order valence-corrected chi connectivity index (χ3v) is 5.58. The van der Waals surface area contributed by atoms with Gasteiger partial charge in [0.1, 0.15) is 5.69 Å². The van der Waals surface area contributed by atoms with E-state index in [9.17, 15) is 9.59 Å². The van der Waals surface area contributed by atoms with Gasteiger partial charge in [-0.05, 0) is 12.1 Å². The van der Waals surface area contributed by atoms with Crippen molar-refractivity contribution in [2.45, 2.75) is 0 Å². The maximum absolute atomic E-state index is 12.5. The van der Waals surface area contributed by atoms with Crippen LogP contribution in [0.25, 0.3) is 0 Å². The molecule has 3 rings (SSSR count). The maximum Gasteiger partial charge on any atom is 0.273 e. The Bertz CT molecular complexity index is 839. The predicted octanol–water partition coefficient (Wildman–Crippen LogP) is 3.12. The standard InChI is InChI=1S/C17H18Cl2N4O3S/c1-22(9-14(24)23-5-7-26-8-6-23)16(25)13-10-27-17(21-13)20-12-4-2-3-11(18)15(12)19/h2-4,10H,5-9H2,1H3,(H,20,21). The van der Waals surface area contributed by atoms with Crippen molar-refractivity contribution >= 4 is 57.2 Å². The van der Waals surface area contributed by atoms with Crippen molar-refractivity contribution in [3.05, 3.63) is 39.3 Å². The molecule has 10 heteroatoms. The largest absolute Gasteiger partial charge is 0.378 e. The quantitative estimate of drug-likeness (QED) is 0.791. The molecule has 0 aliphatic carbocycles. The summed E-state index contributed by atoms with van der Waals surface area (Å²) in [5, 5.41) is 6.01. The lowest BCUT2D eigenvalue weighted by molar-refractivity contribution is -0.135. The van der Waals surface area contributed by atoms with Crippen molar-refractivity contribution in [2.75, 3.05) is 45.2 Å². The molecule has 2 amide bonds. The van der Waals surface area contributed by atoms with Gasteiger partial charge in [0, 0.05) is 25.5 Å². The highest BCUT2D eigenvalue weighted by atomic mass is 35.5. The zero-order chi connectivity index (χ0) is 19.4. The van der Waals surface area contributed by atoms with Crippen LogP contribution in [-0.4, -0.2) is 66.5 Å². The normalized spacial score (nSPS) is 14.1. The number of carbonyl (C=O) groups excluding carboxylic acids is 2. The lowest BCUT2D eigenvalue weighted by Crippen LogP contribution is -2.46. The minimum atomic E-state index is -0.321. The van der Waals surface area contributed by atoms with E-state index < -0.39 is 0 Å². The fourth-order valence-corrected chi connectivity index (χ4v) is 3.57. The summed E-state index contributed by atoms with van der Waals surface area (Å²) in [7, 11) is 1.58. The molecule has 0 radical (unpaired) electrons. The van der Waals surface area contributed by atoms with E-state index in [1.807, 2.05) is 0 Å². The molecule has 0 bridgehead atoms. The molecule has 27 heavy (non-hydrogen) atoms.